The fourth-order valence-corrected chi connectivity index (χ4v) is 10.0. The molecule has 380 valence electrons. The van der Waals surface area contributed by atoms with E-state index in [-0.39, 0.29) is 48.5 Å². The van der Waals surface area contributed by atoms with Crippen molar-refractivity contribution >= 4 is 11.0 Å². The Morgan fingerprint density at radius 2 is 1.09 bits per heavy atom. The molecule has 75 heavy (non-hydrogen) atoms. The van der Waals surface area contributed by atoms with Crippen molar-refractivity contribution in [3.8, 4) is 89.8 Å². The molecule has 0 fully saturated rings. The van der Waals surface area contributed by atoms with Crippen molar-refractivity contribution in [2.75, 3.05) is 0 Å². The van der Waals surface area contributed by atoms with Gasteiger partial charge in [-0.15, -0.1) is 23.8 Å². The number of fused-ring (bicyclic) bond motifs is 1. The van der Waals surface area contributed by atoms with Crippen molar-refractivity contribution in [3.05, 3.63) is 205 Å². The van der Waals surface area contributed by atoms with Gasteiger partial charge in [0.1, 0.15) is 11.6 Å². The van der Waals surface area contributed by atoms with E-state index in [1.54, 1.807) is 12.4 Å². The van der Waals surface area contributed by atoms with Crippen molar-refractivity contribution in [1.29, 1.82) is 0 Å². The Balaban J connectivity index is 0.00000689. The minimum atomic E-state index is -0.359. The molecule has 0 aliphatic heterocycles. The molecule has 1 N–H and O–H groups in total. The van der Waals surface area contributed by atoms with E-state index in [4.69, 9.17) is 9.97 Å². The van der Waals surface area contributed by atoms with E-state index in [2.05, 4.69) is 249 Å². The van der Waals surface area contributed by atoms with E-state index < -0.39 is 0 Å². The predicted octanol–water partition coefficient (Wildman–Crippen LogP) is 17.6. The number of aromatic nitrogens is 5. The molecule has 7 aromatic carbocycles. The second kappa shape index (κ2) is 20.1. The largest absolute Gasteiger partial charge is 0.507 e. The second-order valence-electron chi connectivity index (χ2n) is 23.8. The van der Waals surface area contributed by atoms with Gasteiger partial charge in [0.25, 0.3) is 0 Å². The van der Waals surface area contributed by atoms with Gasteiger partial charge < -0.3 is 5.11 Å². The van der Waals surface area contributed by atoms with Gasteiger partial charge in [0.2, 0.25) is 0 Å². The fourth-order valence-electron chi connectivity index (χ4n) is 10.0. The zero-order valence-electron chi connectivity index (χ0n) is 45.2. The first-order valence-corrected chi connectivity index (χ1v) is 25.7. The molecular formula is C68H66N5OPt-. The summed E-state index contributed by atoms with van der Waals surface area (Å²) >= 11 is 0. The van der Waals surface area contributed by atoms with Crippen LogP contribution >= 0.6 is 0 Å². The van der Waals surface area contributed by atoms with E-state index in [1.165, 1.54) is 11.1 Å². The van der Waals surface area contributed by atoms with Crippen LogP contribution < -0.4 is 0 Å². The smallest absolute Gasteiger partial charge is 0.148 e. The zero-order valence-corrected chi connectivity index (χ0v) is 47.5. The quantitative estimate of drug-likeness (QED) is 0.153. The van der Waals surface area contributed by atoms with Crippen molar-refractivity contribution in [2.45, 2.75) is 105 Å². The third-order valence-corrected chi connectivity index (χ3v) is 14.2. The number of nitrogens with zero attached hydrogens (tertiary/aromatic N) is 5. The van der Waals surface area contributed by atoms with Crippen LogP contribution in [-0.4, -0.2) is 29.6 Å². The maximum absolute atomic E-state index is 12.7. The summed E-state index contributed by atoms with van der Waals surface area (Å²) in [5.74, 6) is 0.890. The Morgan fingerprint density at radius 3 is 1.75 bits per heavy atom. The normalized spacial score (nSPS) is 12.2. The van der Waals surface area contributed by atoms with E-state index in [9.17, 15) is 5.11 Å². The molecule has 3 aromatic heterocycles. The molecular weight excluding hydrogens is 1100 g/mol. The molecule has 0 aliphatic carbocycles. The molecule has 10 rings (SSSR count). The molecule has 0 spiro atoms. The van der Waals surface area contributed by atoms with Crippen molar-refractivity contribution in [3.63, 3.8) is 0 Å². The first-order valence-electron chi connectivity index (χ1n) is 25.7. The second-order valence-corrected chi connectivity index (χ2v) is 23.8. The summed E-state index contributed by atoms with van der Waals surface area (Å²) in [7, 11) is 0. The van der Waals surface area contributed by atoms with Crippen LogP contribution in [0.4, 0.5) is 0 Å². The molecule has 0 aliphatic rings. The molecule has 0 unspecified atom stereocenters. The molecule has 0 radical (unpaired) electrons. The minimum Gasteiger partial charge on any atom is -0.507 e. The molecule has 0 saturated carbocycles. The third kappa shape index (κ3) is 10.6. The maximum Gasteiger partial charge on any atom is 0.148 e. The number of pyridine rings is 1. The Hall–Kier alpha value is -7.27. The van der Waals surface area contributed by atoms with Crippen LogP contribution in [0.25, 0.3) is 95.1 Å². The summed E-state index contributed by atoms with van der Waals surface area (Å²) in [5, 5.41) is 12.7. The molecule has 0 atom stereocenters. The summed E-state index contributed by atoms with van der Waals surface area (Å²) in [6.07, 6.45) is 7.16. The average Bonchev–Trinajstić information content (AvgIpc) is 3.79. The SMILES string of the molecule is CC(C)(C)c1ccc(-n2c(-c3cc(C(C)(C)C)cc(C(C)(C)C)c3O)nc3c(-c4[c-]c(-c5cc(-c6ccccc6)ccn5)cc(-c5ccc(-c6cnccn6)cc5C(C)(C)C)c4)cccc32)c(-c2ccccc2)c1.[Pt]. The summed E-state index contributed by atoms with van der Waals surface area (Å²) in [6, 6.07) is 57.9. The monoisotopic (exact) mass is 1160 g/mol. The topological polar surface area (TPSA) is 76.7 Å². The molecule has 10 aromatic rings. The van der Waals surface area contributed by atoms with Crippen LogP contribution in [0.15, 0.2) is 176 Å². The van der Waals surface area contributed by atoms with Gasteiger partial charge in [-0.1, -0.05) is 203 Å². The molecule has 0 saturated heterocycles. The first-order chi connectivity index (χ1) is 35.1. The van der Waals surface area contributed by atoms with Crippen LogP contribution in [0.1, 0.15) is 105 Å². The molecule has 3 heterocycles. The number of hydrogen-bond donors (Lipinski definition) is 1. The Labute approximate surface area is 458 Å². The van der Waals surface area contributed by atoms with Crippen LogP contribution in [0, 0.1) is 6.07 Å². The number of rotatable bonds is 8. The van der Waals surface area contributed by atoms with Gasteiger partial charge in [-0.05, 0) is 97.0 Å². The van der Waals surface area contributed by atoms with Crippen molar-refractivity contribution in [2.24, 2.45) is 0 Å². The van der Waals surface area contributed by atoms with Gasteiger partial charge in [0, 0.05) is 62.0 Å². The average molecular weight is 1160 g/mol. The molecule has 7 heteroatoms. The van der Waals surface area contributed by atoms with E-state index in [0.29, 0.717) is 11.4 Å². The minimum absolute atomic E-state index is 0. The molecule has 0 bridgehead atoms. The molecule has 0 amide bonds. The van der Waals surface area contributed by atoms with Gasteiger partial charge >= 0.3 is 0 Å². The van der Waals surface area contributed by atoms with Gasteiger partial charge in [0.15, 0.2) is 0 Å². The summed E-state index contributed by atoms with van der Waals surface area (Å²) in [6.45, 7) is 26.7. The Bertz CT molecular complexity index is 3700. The van der Waals surface area contributed by atoms with Gasteiger partial charge in [-0.2, -0.15) is 0 Å². The number of imidazole rings is 1. The van der Waals surface area contributed by atoms with Crippen molar-refractivity contribution < 1.29 is 26.2 Å². The van der Waals surface area contributed by atoms with Crippen LogP contribution in [-0.2, 0) is 42.7 Å². The van der Waals surface area contributed by atoms with E-state index in [1.807, 2.05) is 18.5 Å². The summed E-state index contributed by atoms with van der Waals surface area (Å²) in [4.78, 5) is 19.9. The number of phenolic OH excluding ortho intramolecular Hbond substituents is 1. The summed E-state index contributed by atoms with van der Waals surface area (Å²) < 4.78 is 2.28. The van der Waals surface area contributed by atoms with Crippen molar-refractivity contribution in [1.82, 2.24) is 24.5 Å². The van der Waals surface area contributed by atoms with Gasteiger partial charge in [-0.25, -0.2) is 4.98 Å². The predicted molar refractivity (Wildman–Crippen MR) is 308 cm³/mol. The number of aromatic hydroxyl groups is 1. The van der Waals surface area contributed by atoms with E-state index in [0.717, 1.165) is 94.9 Å². The van der Waals surface area contributed by atoms with Gasteiger partial charge in [0.05, 0.1) is 34.2 Å². The third-order valence-electron chi connectivity index (χ3n) is 14.2. The summed E-state index contributed by atoms with van der Waals surface area (Å²) in [5.41, 5.74) is 18.6. The number of phenols is 1. The molecule has 6 nitrogen and oxygen atoms in total. The fraction of sp³-hybridized carbons (Fsp3) is 0.235. The number of benzene rings is 7. The van der Waals surface area contributed by atoms with Crippen LogP contribution in [0.2, 0.25) is 0 Å². The van der Waals surface area contributed by atoms with Gasteiger partial charge in [-0.3, -0.25) is 19.5 Å². The maximum atomic E-state index is 12.7. The Morgan fingerprint density at radius 1 is 0.440 bits per heavy atom. The van der Waals surface area contributed by atoms with Crippen LogP contribution in [0.3, 0.4) is 0 Å². The van der Waals surface area contributed by atoms with E-state index >= 15 is 0 Å². The Kier molecular flexibility index (Phi) is 14.1. The standard InChI is InChI=1S/C68H66N5O.Pt/c1-65(2,3)50-27-29-60(54(39-50)44-22-17-14-18-23-44)73-61-25-19-24-53(62(61)72-64(73)55-40-51(66(4,5)6)41-57(63(55)74)68(10,11)12)48-34-47(35-49(36-48)58-38-45(30-31-70-58)43-20-15-13-16-21-43)52-28-26-46(37-56(52)67(7,8)9)59-42-69-32-33-71-59;/h13-35,37-42,74H,1-12H3;/q-1;. The van der Waals surface area contributed by atoms with Crippen LogP contribution in [0.5, 0.6) is 5.75 Å². The number of hydrogen-bond acceptors (Lipinski definition) is 5. The first kappa shape index (κ1) is 52.6. The zero-order chi connectivity index (χ0) is 52.3. The number of para-hydroxylation sites is 1.